The van der Waals surface area contributed by atoms with E-state index in [4.69, 9.17) is 5.26 Å². The van der Waals surface area contributed by atoms with Gasteiger partial charge < -0.3 is 0 Å². The fourth-order valence-electron chi connectivity index (χ4n) is 1.44. The fraction of sp³-hybridized carbons (Fsp3) is 0.0833. The quantitative estimate of drug-likeness (QED) is 0.748. The van der Waals surface area contributed by atoms with Gasteiger partial charge in [0.15, 0.2) is 6.07 Å². The first kappa shape index (κ1) is 12.2. The molecule has 0 saturated heterocycles. The number of hydrogen-bond donors (Lipinski definition) is 0. The molecule has 0 spiro atoms. The Morgan fingerprint density at radius 1 is 1.22 bits per heavy atom. The molecular weight excluding hydrogens is 250 g/mol. The van der Waals surface area contributed by atoms with E-state index in [1.54, 1.807) is 18.2 Å². The van der Waals surface area contributed by atoms with Crippen LogP contribution in [0.5, 0.6) is 0 Å². The van der Waals surface area contributed by atoms with Crippen molar-refractivity contribution in [1.29, 1.82) is 5.26 Å². The molecule has 90 valence electrons. The molecule has 2 rings (SSSR count). The molecule has 0 amide bonds. The van der Waals surface area contributed by atoms with Gasteiger partial charge in [0.25, 0.3) is 0 Å². The van der Waals surface area contributed by atoms with E-state index in [2.05, 4.69) is 5.10 Å². The normalized spacial score (nSPS) is 10.9. The fourth-order valence-corrected chi connectivity index (χ4v) is 2.66. The summed E-state index contributed by atoms with van der Waals surface area (Å²) in [5.74, 6) is 0. The summed E-state index contributed by atoms with van der Waals surface area (Å²) in [6.07, 6.45) is 1.33. The zero-order chi connectivity index (χ0) is 13.2. The van der Waals surface area contributed by atoms with E-state index in [1.807, 2.05) is 6.92 Å². The highest BCUT2D eigenvalue weighted by Gasteiger charge is 2.30. The van der Waals surface area contributed by atoms with Gasteiger partial charge in [0.2, 0.25) is 0 Å². The lowest BCUT2D eigenvalue weighted by molar-refractivity contribution is -0.583. The third-order valence-corrected chi connectivity index (χ3v) is 3.99. The first-order chi connectivity index (χ1) is 8.55. The van der Waals surface area contributed by atoms with Crippen LogP contribution in [0.3, 0.4) is 0 Å². The summed E-state index contributed by atoms with van der Waals surface area (Å²) in [6.45, 7) is 1.87. The summed E-state index contributed by atoms with van der Waals surface area (Å²) in [4.78, 5) is 0.105. The highest BCUT2D eigenvalue weighted by atomic mass is 32.2. The van der Waals surface area contributed by atoms with Crippen LogP contribution in [0.4, 0.5) is 0 Å². The number of aryl methyl sites for hydroxylation is 1. The smallest absolute Gasteiger partial charge is 0.186 e. The van der Waals surface area contributed by atoms with Crippen molar-refractivity contribution in [2.24, 2.45) is 0 Å². The Labute approximate surface area is 105 Å². The van der Waals surface area contributed by atoms with Gasteiger partial charge in [0, 0.05) is 15.3 Å². The number of nitriles is 1. The Morgan fingerprint density at radius 3 is 2.50 bits per heavy atom. The third-order valence-electron chi connectivity index (χ3n) is 2.38. The Kier molecular flexibility index (Phi) is 3.08. The minimum Gasteiger partial charge on any atom is -0.186 e. The summed E-state index contributed by atoms with van der Waals surface area (Å²) >= 11 is 0. The molecule has 5 nitrogen and oxygen atoms in total. The molecule has 0 aliphatic rings. The van der Waals surface area contributed by atoms with Crippen molar-refractivity contribution in [3.8, 4) is 6.07 Å². The van der Waals surface area contributed by atoms with Crippen molar-refractivity contribution in [3.63, 3.8) is 0 Å². The minimum atomic E-state index is -3.82. The molecule has 0 aliphatic carbocycles. The van der Waals surface area contributed by atoms with Gasteiger partial charge in [-0.05, 0) is 25.1 Å². The van der Waals surface area contributed by atoms with Crippen LogP contribution in [-0.4, -0.2) is 13.5 Å². The largest absolute Gasteiger partial charge is 0.424 e. The highest BCUT2D eigenvalue weighted by molar-refractivity contribution is 7.85. The molecule has 0 unspecified atom stereocenters. The van der Waals surface area contributed by atoms with Crippen LogP contribution in [0.15, 0.2) is 47.5 Å². The highest BCUT2D eigenvalue weighted by Crippen LogP contribution is 2.09. The van der Waals surface area contributed by atoms with E-state index < -0.39 is 10.0 Å². The van der Waals surface area contributed by atoms with Gasteiger partial charge in [-0.25, -0.2) is 0 Å². The van der Waals surface area contributed by atoms with Crippen LogP contribution < -0.4 is 4.09 Å². The summed E-state index contributed by atoms with van der Waals surface area (Å²) in [6, 6.07) is 11.1. The van der Waals surface area contributed by atoms with Gasteiger partial charge in [-0.2, -0.15) is 13.7 Å². The van der Waals surface area contributed by atoms with Gasteiger partial charge in [0.1, 0.15) is 4.90 Å². The first-order valence-electron chi connectivity index (χ1n) is 5.15. The Bertz CT molecular complexity index is 716. The number of nitrogens with zero attached hydrogens (tertiary/aromatic N) is 3. The van der Waals surface area contributed by atoms with Crippen molar-refractivity contribution >= 4 is 10.0 Å². The van der Waals surface area contributed by atoms with Gasteiger partial charge in [-0.15, -0.1) is 0 Å². The predicted octanol–water partition coefficient (Wildman–Crippen LogP) is 0.786. The lowest BCUT2D eigenvalue weighted by Crippen LogP contribution is -2.48. The minimum absolute atomic E-state index is 0.0296. The molecule has 0 saturated carbocycles. The van der Waals surface area contributed by atoms with Gasteiger partial charge >= 0.3 is 15.7 Å². The zero-order valence-corrected chi connectivity index (χ0v) is 10.4. The molecule has 0 N–H and O–H groups in total. The van der Waals surface area contributed by atoms with Crippen LogP contribution in [0.25, 0.3) is 0 Å². The number of aromatic nitrogens is 2. The Balaban J connectivity index is 2.63. The van der Waals surface area contributed by atoms with Gasteiger partial charge in [-0.3, -0.25) is 0 Å². The van der Waals surface area contributed by atoms with E-state index in [1.165, 1.54) is 30.5 Å². The second kappa shape index (κ2) is 4.55. The third kappa shape index (κ3) is 2.08. The van der Waals surface area contributed by atoms with E-state index >= 15 is 0 Å². The zero-order valence-electron chi connectivity index (χ0n) is 9.61. The van der Waals surface area contributed by atoms with Crippen LogP contribution in [0.2, 0.25) is 0 Å². The molecule has 18 heavy (non-hydrogen) atoms. The molecule has 1 aromatic carbocycles. The SMILES string of the molecule is Cc1ccc(S(=O)(=O)[n+]2ncccc2C#N)cc1. The maximum absolute atomic E-state index is 12.3. The second-order valence-corrected chi connectivity index (χ2v) is 5.45. The molecule has 0 fully saturated rings. The van der Waals surface area contributed by atoms with E-state index in [9.17, 15) is 8.42 Å². The average Bonchev–Trinajstić information content (AvgIpc) is 2.39. The maximum Gasteiger partial charge on any atom is 0.424 e. The maximum atomic E-state index is 12.3. The number of hydrogen-bond acceptors (Lipinski definition) is 4. The second-order valence-electron chi connectivity index (χ2n) is 3.68. The van der Waals surface area contributed by atoms with Crippen LogP contribution in [0, 0.1) is 18.3 Å². The topological polar surface area (TPSA) is 74.7 Å². The predicted molar refractivity (Wildman–Crippen MR) is 62.9 cm³/mol. The van der Waals surface area contributed by atoms with Gasteiger partial charge in [0.05, 0.1) is 6.20 Å². The van der Waals surface area contributed by atoms with Gasteiger partial charge in [-0.1, -0.05) is 17.7 Å². The summed E-state index contributed by atoms with van der Waals surface area (Å²) in [5, 5.41) is 12.6. The lowest BCUT2D eigenvalue weighted by Gasteiger charge is -1.98. The molecule has 2 aromatic rings. The number of benzene rings is 1. The van der Waals surface area contributed by atoms with Crippen LogP contribution in [0.1, 0.15) is 11.3 Å². The summed E-state index contributed by atoms with van der Waals surface area (Å²) < 4.78 is 25.3. The molecular formula is C12H10N3O2S+. The molecule has 6 heteroatoms. The average molecular weight is 260 g/mol. The Morgan fingerprint density at radius 2 is 1.89 bits per heavy atom. The molecule has 1 heterocycles. The van der Waals surface area contributed by atoms with Crippen molar-refractivity contribution in [1.82, 2.24) is 5.10 Å². The van der Waals surface area contributed by atoms with Crippen molar-refractivity contribution < 1.29 is 12.5 Å². The molecule has 0 atom stereocenters. The van der Waals surface area contributed by atoms with Crippen molar-refractivity contribution in [2.45, 2.75) is 11.8 Å². The number of rotatable bonds is 2. The van der Waals surface area contributed by atoms with Crippen LogP contribution >= 0.6 is 0 Å². The summed E-state index contributed by atoms with van der Waals surface area (Å²) in [7, 11) is -3.82. The molecule has 1 aromatic heterocycles. The monoisotopic (exact) mass is 260 g/mol. The Hall–Kier alpha value is -2.26. The van der Waals surface area contributed by atoms with E-state index in [-0.39, 0.29) is 10.6 Å². The van der Waals surface area contributed by atoms with E-state index in [0.717, 1.165) is 9.65 Å². The lowest BCUT2D eigenvalue weighted by atomic mass is 10.2. The van der Waals surface area contributed by atoms with Crippen LogP contribution in [-0.2, 0) is 10.0 Å². The molecule has 0 aliphatic heterocycles. The van der Waals surface area contributed by atoms with E-state index in [0.29, 0.717) is 0 Å². The van der Waals surface area contributed by atoms with Crippen molar-refractivity contribution in [3.05, 3.63) is 53.9 Å². The molecule has 0 bridgehead atoms. The standard InChI is InChI=1S/C12H10N3O2S/c1-10-4-6-12(7-5-10)18(16,17)15-11(9-13)3-2-8-14-15/h2-8H,1H3/q+1. The first-order valence-corrected chi connectivity index (χ1v) is 6.59. The van der Waals surface area contributed by atoms with Crippen molar-refractivity contribution in [2.75, 3.05) is 0 Å². The summed E-state index contributed by atoms with van der Waals surface area (Å²) in [5.41, 5.74) is 0.929. The molecule has 0 radical (unpaired) electrons.